The largest absolute Gasteiger partial charge is 0.376 e. The third kappa shape index (κ3) is 2.78. The van der Waals surface area contributed by atoms with Gasteiger partial charge in [0.1, 0.15) is 11.8 Å². The molecule has 4 heterocycles. The fourth-order valence-electron chi connectivity index (χ4n) is 3.17. The molecule has 2 aromatic rings. The Kier molecular flexibility index (Phi) is 3.90. The van der Waals surface area contributed by atoms with Gasteiger partial charge in [0.25, 0.3) is 0 Å². The van der Waals surface area contributed by atoms with Gasteiger partial charge >= 0.3 is 0 Å². The summed E-state index contributed by atoms with van der Waals surface area (Å²) in [7, 11) is 0. The van der Waals surface area contributed by atoms with Gasteiger partial charge in [0.2, 0.25) is 0 Å². The molecule has 0 radical (unpaired) electrons. The Morgan fingerprint density at radius 1 is 1.09 bits per heavy atom. The number of hydrogen-bond donors (Lipinski definition) is 1. The molecule has 2 saturated heterocycles. The average molecular weight is 303 g/mol. The van der Waals surface area contributed by atoms with Crippen LogP contribution < -0.4 is 5.32 Å². The lowest BCUT2D eigenvalue weighted by molar-refractivity contribution is 0.0978. The van der Waals surface area contributed by atoms with Crippen molar-refractivity contribution in [3.8, 4) is 0 Å². The number of aromatic nitrogens is 4. The molecule has 0 saturated carbocycles. The van der Waals surface area contributed by atoms with E-state index in [9.17, 15) is 0 Å². The summed E-state index contributed by atoms with van der Waals surface area (Å²) in [6.07, 6.45) is 8.47. The molecule has 1 N–H and O–H groups in total. The number of rotatable bonds is 5. The number of nitrogens with one attached hydrogen (secondary N) is 1. The molecular weight excluding hydrogens is 282 g/mol. The van der Waals surface area contributed by atoms with E-state index in [4.69, 9.17) is 9.47 Å². The number of fused-ring (bicyclic) bond motifs is 1. The highest BCUT2D eigenvalue weighted by atomic mass is 16.5. The first-order chi connectivity index (χ1) is 10.9. The second-order valence-corrected chi connectivity index (χ2v) is 5.94. The fraction of sp³-hybridized carbons (Fsp3) is 0.667. The first-order valence-corrected chi connectivity index (χ1v) is 8.03. The van der Waals surface area contributed by atoms with E-state index < -0.39 is 0 Å². The first-order valence-electron chi connectivity index (χ1n) is 8.03. The van der Waals surface area contributed by atoms with Gasteiger partial charge in [-0.1, -0.05) is 0 Å². The van der Waals surface area contributed by atoms with Crippen LogP contribution >= 0.6 is 0 Å². The third-order valence-electron chi connectivity index (χ3n) is 4.35. The lowest BCUT2D eigenvalue weighted by Gasteiger charge is -2.12. The molecule has 0 amide bonds. The molecule has 0 aliphatic carbocycles. The zero-order valence-corrected chi connectivity index (χ0v) is 12.6. The Hall–Kier alpha value is -1.73. The van der Waals surface area contributed by atoms with Crippen molar-refractivity contribution in [2.24, 2.45) is 0 Å². The van der Waals surface area contributed by atoms with Crippen LogP contribution in [0.4, 0.5) is 5.82 Å². The van der Waals surface area contributed by atoms with Gasteiger partial charge in [-0.3, -0.25) is 0 Å². The molecular formula is C15H21N5O2. The standard InChI is InChI=1S/C15H21N5O2/c1-3-11(21-5-1)7-16-14-13-15(18-9-17-14)20(10-19-13)8-12-4-2-6-22-12/h9-12H,1-8H2,(H,16,17,18). The summed E-state index contributed by atoms with van der Waals surface area (Å²) in [5, 5.41) is 3.35. The van der Waals surface area contributed by atoms with E-state index >= 15 is 0 Å². The van der Waals surface area contributed by atoms with Crippen molar-refractivity contribution in [3.63, 3.8) is 0 Å². The predicted molar refractivity (Wildman–Crippen MR) is 81.8 cm³/mol. The van der Waals surface area contributed by atoms with E-state index in [-0.39, 0.29) is 12.2 Å². The Bertz CT molecular complexity index is 632. The second kappa shape index (κ2) is 6.18. The summed E-state index contributed by atoms with van der Waals surface area (Å²) < 4.78 is 13.4. The monoisotopic (exact) mass is 303 g/mol. The molecule has 4 rings (SSSR count). The maximum atomic E-state index is 5.70. The zero-order valence-electron chi connectivity index (χ0n) is 12.6. The van der Waals surface area contributed by atoms with Gasteiger partial charge in [-0.15, -0.1) is 0 Å². The van der Waals surface area contributed by atoms with E-state index in [0.717, 1.165) is 69.0 Å². The highest BCUT2D eigenvalue weighted by molar-refractivity contribution is 5.82. The average Bonchev–Trinajstić information content (AvgIpc) is 3.28. The summed E-state index contributed by atoms with van der Waals surface area (Å²) >= 11 is 0. The van der Waals surface area contributed by atoms with Crippen LogP contribution in [0.25, 0.3) is 11.2 Å². The van der Waals surface area contributed by atoms with Crippen LogP contribution in [0.1, 0.15) is 25.7 Å². The quantitative estimate of drug-likeness (QED) is 0.904. The van der Waals surface area contributed by atoms with Gasteiger partial charge in [-0.05, 0) is 25.7 Å². The Labute approximate surface area is 129 Å². The van der Waals surface area contributed by atoms with E-state index in [1.807, 2.05) is 6.33 Å². The molecule has 0 aromatic carbocycles. The minimum absolute atomic E-state index is 0.274. The third-order valence-corrected chi connectivity index (χ3v) is 4.35. The molecule has 2 aliphatic rings. The molecule has 22 heavy (non-hydrogen) atoms. The van der Waals surface area contributed by atoms with Crippen LogP contribution in [0.3, 0.4) is 0 Å². The molecule has 2 fully saturated rings. The van der Waals surface area contributed by atoms with Gasteiger partial charge in [-0.2, -0.15) is 0 Å². The zero-order chi connectivity index (χ0) is 14.8. The van der Waals surface area contributed by atoms with Crippen molar-refractivity contribution in [3.05, 3.63) is 12.7 Å². The summed E-state index contributed by atoms with van der Waals surface area (Å²) in [6.45, 7) is 3.30. The van der Waals surface area contributed by atoms with Crippen LogP contribution in [-0.2, 0) is 16.0 Å². The molecule has 0 spiro atoms. The molecule has 2 aromatic heterocycles. The van der Waals surface area contributed by atoms with Gasteiger partial charge in [0.15, 0.2) is 11.5 Å². The first kappa shape index (κ1) is 13.9. The summed E-state index contributed by atoms with van der Waals surface area (Å²) in [4.78, 5) is 13.2. The van der Waals surface area contributed by atoms with E-state index in [0.29, 0.717) is 0 Å². The maximum absolute atomic E-state index is 5.70. The Balaban J connectivity index is 1.51. The van der Waals surface area contributed by atoms with Crippen LogP contribution in [-0.4, -0.2) is 51.5 Å². The number of hydrogen-bond acceptors (Lipinski definition) is 6. The number of nitrogens with zero attached hydrogens (tertiary/aromatic N) is 4. The Morgan fingerprint density at radius 3 is 2.68 bits per heavy atom. The molecule has 0 bridgehead atoms. The van der Waals surface area contributed by atoms with Crippen molar-refractivity contribution in [2.75, 3.05) is 25.1 Å². The molecule has 118 valence electrons. The molecule has 7 heteroatoms. The van der Waals surface area contributed by atoms with Crippen molar-refractivity contribution in [1.29, 1.82) is 0 Å². The van der Waals surface area contributed by atoms with Gasteiger partial charge < -0.3 is 19.4 Å². The van der Waals surface area contributed by atoms with Crippen LogP contribution in [0.5, 0.6) is 0 Å². The minimum atomic E-state index is 0.274. The fourth-order valence-corrected chi connectivity index (χ4v) is 3.17. The van der Waals surface area contributed by atoms with Crippen LogP contribution in [0, 0.1) is 0 Å². The molecule has 2 aliphatic heterocycles. The smallest absolute Gasteiger partial charge is 0.165 e. The lowest BCUT2D eigenvalue weighted by Crippen LogP contribution is -2.19. The topological polar surface area (TPSA) is 74.1 Å². The van der Waals surface area contributed by atoms with E-state index in [1.165, 1.54) is 0 Å². The van der Waals surface area contributed by atoms with Gasteiger partial charge in [0.05, 0.1) is 25.1 Å². The Morgan fingerprint density at radius 2 is 1.91 bits per heavy atom. The van der Waals surface area contributed by atoms with E-state index in [1.54, 1.807) is 6.33 Å². The SMILES string of the molecule is c1nc(NCC2CCCO2)c2ncn(CC3CCCO3)c2n1. The second-order valence-electron chi connectivity index (χ2n) is 5.94. The normalized spacial score (nSPS) is 25.1. The molecule has 2 atom stereocenters. The highest BCUT2D eigenvalue weighted by Gasteiger charge is 2.19. The summed E-state index contributed by atoms with van der Waals surface area (Å²) in [6, 6.07) is 0. The maximum Gasteiger partial charge on any atom is 0.165 e. The molecule has 2 unspecified atom stereocenters. The van der Waals surface area contributed by atoms with Gasteiger partial charge in [-0.25, -0.2) is 15.0 Å². The highest BCUT2D eigenvalue weighted by Crippen LogP contribution is 2.21. The van der Waals surface area contributed by atoms with Gasteiger partial charge in [0, 0.05) is 19.8 Å². The minimum Gasteiger partial charge on any atom is -0.376 e. The van der Waals surface area contributed by atoms with E-state index in [2.05, 4.69) is 24.8 Å². The van der Waals surface area contributed by atoms with Crippen LogP contribution in [0.2, 0.25) is 0 Å². The lowest BCUT2D eigenvalue weighted by atomic mass is 10.2. The van der Waals surface area contributed by atoms with Crippen LogP contribution in [0.15, 0.2) is 12.7 Å². The van der Waals surface area contributed by atoms with Crippen molar-refractivity contribution < 1.29 is 9.47 Å². The predicted octanol–water partition coefficient (Wildman–Crippen LogP) is 1.60. The number of imidazole rings is 1. The number of ether oxygens (including phenoxy) is 2. The molecule has 7 nitrogen and oxygen atoms in total. The van der Waals surface area contributed by atoms with Crippen molar-refractivity contribution >= 4 is 17.0 Å². The summed E-state index contributed by atoms with van der Waals surface area (Å²) in [5.74, 6) is 0.784. The van der Waals surface area contributed by atoms with Crippen molar-refractivity contribution in [1.82, 2.24) is 19.5 Å². The summed E-state index contributed by atoms with van der Waals surface area (Å²) in [5.41, 5.74) is 1.68. The number of anilines is 1. The van der Waals surface area contributed by atoms with Crippen molar-refractivity contribution in [2.45, 2.75) is 44.4 Å².